The molecule has 8 nitrogen and oxygen atoms in total. The van der Waals surface area contributed by atoms with E-state index in [9.17, 15) is 14.9 Å². The van der Waals surface area contributed by atoms with Crippen LogP contribution in [0.2, 0.25) is 15.1 Å². The molecule has 138 valence electrons. The quantitative estimate of drug-likeness (QED) is 0.607. The Morgan fingerprint density at radius 2 is 1.88 bits per heavy atom. The molecule has 0 bridgehead atoms. The van der Waals surface area contributed by atoms with E-state index in [0.717, 1.165) is 5.56 Å². The molecular formula is C15H14Cl3N5O3. The van der Waals surface area contributed by atoms with E-state index in [2.05, 4.69) is 15.1 Å². The van der Waals surface area contributed by atoms with E-state index in [-0.39, 0.29) is 10.7 Å². The Morgan fingerprint density at radius 3 is 2.46 bits per heavy atom. The molecule has 2 heterocycles. The number of aromatic amines is 1. The lowest BCUT2D eigenvalue weighted by Gasteiger charge is -2.34. The number of aromatic nitrogens is 2. The van der Waals surface area contributed by atoms with Crippen molar-refractivity contribution in [3.05, 3.63) is 54.6 Å². The summed E-state index contributed by atoms with van der Waals surface area (Å²) in [6.07, 6.45) is 0. The lowest BCUT2D eigenvalue weighted by Crippen LogP contribution is -2.48. The van der Waals surface area contributed by atoms with E-state index in [4.69, 9.17) is 34.8 Å². The molecule has 1 N–H and O–H groups in total. The number of benzene rings is 1. The fourth-order valence-electron chi connectivity index (χ4n) is 2.74. The molecule has 1 aromatic heterocycles. The van der Waals surface area contributed by atoms with Gasteiger partial charge >= 0.3 is 5.82 Å². The van der Waals surface area contributed by atoms with E-state index in [0.29, 0.717) is 42.8 Å². The molecule has 1 fully saturated rings. The zero-order chi connectivity index (χ0) is 18.8. The fourth-order valence-corrected chi connectivity index (χ4v) is 3.29. The number of carbonyl (C=O) groups is 1. The first-order chi connectivity index (χ1) is 12.4. The molecule has 1 aliphatic heterocycles. The molecular weight excluding hydrogens is 405 g/mol. The van der Waals surface area contributed by atoms with Crippen molar-refractivity contribution in [2.45, 2.75) is 6.54 Å². The summed E-state index contributed by atoms with van der Waals surface area (Å²) in [7, 11) is 0. The number of amides is 1. The van der Waals surface area contributed by atoms with Crippen LogP contribution in [0, 0.1) is 10.1 Å². The number of rotatable bonds is 4. The van der Waals surface area contributed by atoms with Gasteiger partial charge in [0, 0.05) is 32.7 Å². The maximum Gasteiger partial charge on any atom is 0.362 e. The summed E-state index contributed by atoms with van der Waals surface area (Å²) in [4.78, 5) is 26.3. The highest BCUT2D eigenvalue weighted by Crippen LogP contribution is 2.26. The van der Waals surface area contributed by atoms with Crippen LogP contribution < -0.4 is 0 Å². The van der Waals surface area contributed by atoms with Crippen LogP contribution in [-0.2, 0) is 6.54 Å². The molecule has 26 heavy (non-hydrogen) atoms. The van der Waals surface area contributed by atoms with Gasteiger partial charge in [0.1, 0.15) is 0 Å². The average Bonchev–Trinajstić information content (AvgIpc) is 3.00. The van der Waals surface area contributed by atoms with Gasteiger partial charge in [-0.25, -0.2) is 0 Å². The second-order valence-electron chi connectivity index (χ2n) is 5.81. The summed E-state index contributed by atoms with van der Waals surface area (Å²) in [6.45, 7) is 2.92. The number of nitrogens with one attached hydrogen (secondary N) is 1. The van der Waals surface area contributed by atoms with Crippen LogP contribution in [0.4, 0.5) is 5.82 Å². The molecule has 2 aromatic rings. The third kappa shape index (κ3) is 3.93. The van der Waals surface area contributed by atoms with Crippen LogP contribution >= 0.6 is 34.8 Å². The highest BCUT2D eigenvalue weighted by atomic mass is 35.5. The summed E-state index contributed by atoms with van der Waals surface area (Å²) >= 11 is 17.8. The Morgan fingerprint density at radius 1 is 1.19 bits per heavy atom. The number of H-pyrrole nitrogens is 1. The first-order valence-corrected chi connectivity index (χ1v) is 8.84. The van der Waals surface area contributed by atoms with Gasteiger partial charge in [0.05, 0.1) is 10.0 Å². The summed E-state index contributed by atoms with van der Waals surface area (Å²) in [6, 6.07) is 5.49. The number of nitro groups is 1. The van der Waals surface area contributed by atoms with Gasteiger partial charge in [0.2, 0.25) is 0 Å². The zero-order valence-electron chi connectivity index (χ0n) is 13.4. The molecule has 1 amide bonds. The molecule has 0 atom stereocenters. The van der Waals surface area contributed by atoms with Gasteiger partial charge in [-0.3, -0.25) is 9.69 Å². The van der Waals surface area contributed by atoms with Crippen LogP contribution in [0.3, 0.4) is 0 Å². The van der Waals surface area contributed by atoms with Gasteiger partial charge in [-0.05, 0) is 22.6 Å². The SMILES string of the molecule is O=C(c1n[nH]c([N+](=O)[O-])c1Cl)N1CCN(Cc2ccc(Cl)c(Cl)c2)CC1. The number of hydrogen-bond acceptors (Lipinski definition) is 5. The lowest BCUT2D eigenvalue weighted by atomic mass is 10.2. The molecule has 0 radical (unpaired) electrons. The van der Waals surface area contributed by atoms with E-state index >= 15 is 0 Å². The smallest absolute Gasteiger partial charge is 0.358 e. The van der Waals surface area contributed by atoms with Gasteiger partial charge < -0.3 is 15.0 Å². The number of halogens is 3. The highest BCUT2D eigenvalue weighted by Gasteiger charge is 2.30. The standard InChI is InChI=1S/C15H14Cl3N5O3/c16-10-2-1-9(7-11(10)17)8-21-3-5-22(6-4-21)15(24)13-12(18)14(20-19-13)23(25)26/h1-2,7H,3-6,8H2,(H,19,20). The van der Waals surface area contributed by atoms with E-state index in [1.165, 1.54) is 0 Å². The van der Waals surface area contributed by atoms with Crippen molar-refractivity contribution in [2.75, 3.05) is 26.2 Å². The molecule has 0 saturated carbocycles. The maximum atomic E-state index is 12.5. The van der Waals surface area contributed by atoms with Crippen LogP contribution in [0.1, 0.15) is 16.1 Å². The predicted octanol–water partition coefficient (Wildman–Crippen LogP) is 3.24. The Hall–Kier alpha value is -1.87. The van der Waals surface area contributed by atoms with E-state index < -0.39 is 16.6 Å². The molecule has 1 aromatic carbocycles. The minimum absolute atomic E-state index is 0.128. The second-order valence-corrected chi connectivity index (χ2v) is 7.00. The summed E-state index contributed by atoms with van der Waals surface area (Å²) in [5.41, 5.74) is 0.904. The predicted molar refractivity (Wildman–Crippen MR) is 97.9 cm³/mol. The van der Waals surface area contributed by atoms with Crippen LogP contribution in [-0.4, -0.2) is 57.0 Å². The van der Waals surface area contributed by atoms with E-state index in [1.807, 2.05) is 12.1 Å². The molecule has 0 spiro atoms. The molecule has 0 aliphatic carbocycles. The second kappa shape index (κ2) is 7.79. The molecule has 11 heteroatoms. The lowest BCUT2D eigenvalue weighted by molar-refractivity contribution is -0.389. The Kier molecular flexibility index (Phi) is 5.67. The third-order valence-corrected chi connectivity index (χ3v) is 5.22. The van der Waals surface area contributed by atoms with Crippen molar-refractivity contribution in [2.24, 2.45) is 0 Å². The zero-order valence-corrected chi connectivity index (χ0v) is 15.7. The van der Waals surface area contributed by atoms with Crippen LogP contribution in [0.25, 0.3) is 0 Å². The van der Waals surface area contributed by atoms with Gasteiger partial charge in [-0.1, -0.05) is 46.0 Å². The molecule has 0 unspecified atom stereocenters. The van der Waals surface area contributed by atoms with Crippen molar-refractivity contribution in [1.29, 1.82) is 0 Å². The molecule has 3 rings (SSSR count). The minimum atomic E-state index is -0.707. The van der Waals surface area contributed by atoms with E-state index in [1.54, 1.807) is 11.0 Å². The van der Waals surface area contributed by atoms with Crippen molar-refractivity contribution in [1.82, 2.24) is 20.0 Å². The monoisotopic (exact) mass is 417 g/mol. The Labute approximate surface area is 163 Å². The fraction of sp³-hybridized carbons (Fsp3) is 0.333. The Bertz CT molecular complexity index is 849. The topological polar surface area (TPSA) is 95.4 Å². The summed E-state index contributed by atoms with van der Waals surface area (Å²) in [5.74, 6) is -0.901. The van der Waals surface area contributed by atoms with Gasteiger partial charge in [-0.2, -0.15) is 0 Å². The van der Waals surface area contributed by atoms with Gasteiger partial charge in [0.15, 0.2) is 10.7 Å². The molecule has 1 saturated heterocycles. The first-order valence-electron chi connectivity index (χ1n) is 7.70. The van der Waals surface area contributed by atoms with Gasteiger partial charge in [-0.15, -0.1) is 5.10 Å². The number of piperazine rings is 1. The average molecular weight is 419 g/mol. The number of carbonyl (C=O) groups excluding carboxylic acids is 1. The van der Waals surface area contributed by atoms with Crippen molar-refractivity contribution in [3.8, 4) is 0 Å². The van der Waals surface area contributed by atoms with Crippen molar-refractivity contribution < 1.29 is 9.72 Å². The summed E-state index contributed by atoms with van der Waals surface area (Å²) < 4.78 is 0. The van der Waals surface area contributed by atoms with Crippen molar-refractivity contribution in [3.63, 3.8) is 0 Å². The largest absolute Gasteiger partial charge is 0.362 e. The Balaban J connectivity index is 1.60. The maximum absolute atomic E-state index is 12.5. The minimum Gasteiger partial charge on any atom is -0.358 e. The normalized spacial score (nSPS) is 15.3. The van der Waals surface area contributed by atoms with Crippen LogP contribution in [0.15, 0.2) is 18.2 Å². The number of hydrogen-bond donors (Lipinski definition) is 1. The van der Waals surface area contributed by atoms with Crippen molar-refractivity contribution >= 4 is 46.5 Å². The van der Waals surface area contributed by atoms with Crippen LogP contribution in [0.5, 0.6) is 0 Å². The third-order valence-electron chi connectivity index (χ3n) is 4.12. The first kappa shape index (κ1) is 18.9. The number of nitrogens with zero attached hydrogens (tertiary/aromatic N) is 4. The molecule has 1 aliphatic rings. The van der Waals surface area contributed by atoms with Gasteiger partial charge in [0.25, 0.3) is 5.91 Å². The summed E-state index contributed by atoms with van der Waals surface area (Å²) in [5, 5.41) is 17.4. The highest BCUT2D eigenvalue weighted by molar-refractivity contribution is 6.42.